The molecular formula is C10H9NO. The van der Waals surface area contributed by atoms with Gasteiger partial charge in [0.05, 0.1) is 5.70 Å². The Labute approximate surface area is 71.3 Å². The quantitative estimate of drug-likeness (QED) is 0.449. The highest BCUT2D eigenvalue weighted by Crippen LogP contribution is 2.15. The summed E-state index contributed by atoms with van der Waals surface area (Å²) >= 11 is 0. The first-order valence-electron chi connectivity index (χ1n) is 3.63. The summed E-state index contributed by atoms with van der Waals surface area (Å²) in [7, 11) is 0. The topological polar surface area (TPSA) is 29.4 Å². The van der Waals surface area contributed by atoms with Crippen LogP contribution in [0.4, 0.5) is 0 Å². The molecule has 0 amide bonds. The third-order valence-electron chi connectivity index (χ3n) is 1.55. The molecule has 0 atom stereocenters. The van der Waals surface area contributed by atoms with Crippen LogP contribution in [0.2, 0.25) is 0 Å². The summed E-state index contributed by atoms with van der Waals surface area (Å²) in [6.45, 7) is 3.65. The standard InChI is InChI=1S/C10H9NO/c1-2-9-5-3-4-6-10(7-9)11-8-12/h2-6H,1,7H2. The lowest BCUT2D eigenvalue weighted by atomic mass is 10.1. The minimum Gasteiger partial charge on any atom is -0.211 e. The van der Waals surface area contributed by atoms with Gasteiger partial charge in [0, 0.05) is 6.42 Å². The fraction of sp³-hybridized carbons (Fsp3) is 0.100. The lowest BCUT2D eigenvalue weighted by molar-refractivity contribution is 0.564. The smallest absolute Gasteiger partial charge is 0.211 e. The van der Waals surface area contributed by atoms with Crippen molar-refractivity contribution >= 4 is 6.08 Å². The van der Waals surface area contributed by atoms with Crippen LogP contribution in [0.1, 0.15) is 6.42 Å². The van der Waals surface area contributed by atoms with Crippen molar-refractivity contribution in [2.45, 2.75) is 6.42 Å². The molecule has 0 spiro atoms. The molecule has 0 aliphatic heterocycles. The lowest BCUT2D eigenvalue weighted by Gasteiger charge is -1.96. The minimum absolute atomic E-state index is 0.645. The molecule has 2 nitrogen and oxygen atoms in total. The van der Waals surface area contributed by atoms with Gasteiger partial charge in [-0.2, -0.15) is 4.99 Å². The van der Waals surface area contributed by atoms with Crippen LogP contribution in [-0.2, 0) is 4.79 Å². The zero-order chi connectivity index (χ0) is 8.81. The van der Waals surface area contributed by atoms with Gasteiger partial charge in [-0.15, -0.1) is 0 Å². The van der Waals surface area contributed by atoms with E-state index in [9.17, 15) is 4.79 Å². The number of nitrogens with zero attached hydrogens (tertiary/aromatic N) is 1. The van der Waals surface area contributed by atoms with Crippen LogP contribution in [-0.4, -0.2) is 6.08 Å². The average Bonchev–Trinajstić information content (AvgIpc) is 2.30. The van der Waals surface area contributed by atoms with Gasteiger partial charge in [0.15, 0.2) is 0 Å². The van der Waals surface area contributed by atoms with E-state index >= 15 is 0 Å². The van der Waals surface area contributed by atoms with Crippen LogP contribution in [0.3, 0.4) is 0 Å². The number of hydrogen-bond donors (Lipinski definition) is 0. The van der Waals surface area contributed by atoms with Gasteiger partial charge in [0.1, 0.15) is 0 Å². The molecule has 0 aromatic heterocycles. The highest BCUT2D eigenvalue weighted by molar-refractivity contribution is 5.41. The Morgan fingerprint density at radius 3 is 2.92 bits per heavy atom. The summed E-state index contributed by atoms with van der Waals surface area (Å²) in [4.78, 5) is 13.5. The SMILES string of the molecule is C=CC1=CC=CC=C(N=C=O)C1. The molecular weight excluding hydrogens is 150 g/mol. The molecule has 0 N–H and O–H groups in total. The molecule has 0 saturated heterocycles. The molecule has 0 aromatic rings. The molecule has 0 heterocycles. The van der Waals surface area contributed by atoms with Gasteiger partial charge < -0.3 is 0 Å². The highest BCUT2D eigenvalue weighted by atomic mass is 16.1. The predicted molar refractivity (Wildman–Crippen MR) is 48.2 cm³/mol. The molecule has 1 rings (SSSR count). The van der Waals surface area contributed by atoms with Crippen molar-refractivity contribution < 1.29 is 4.79 Å². The van der Waals surface area contributed by atoms with Crippen molar-refractivity contribution in [1.29, 1.82) is 0 Å². The Hall–Kier alpha value is -1.66. The molecule has 12 heavy (non-hydrogen) atoms. The van der Waals surface area contributed by atoms with E-state index in [4.69, 9.17) is 0 Å². The molecule has 60 valence electrons. The van der Waals surface area contributed by atoms with Crippen molar-refractivity contribution in [2.24, 2.45) is 4.99 Å². The van der Waals surface area contributed by atoms with Gasteiger partial charge in [0.2, 0.25) is 6.08 Å². The summed E-state index contributed by atoms with van der Waals surface area (Å²) in [5.41, 5.74) is 1.76. The van der Waals surface area contributed by atoms with Crippen molar-refractivity contribution in [3.05, 3.63) is 48.2 Å². The number of isocyanates is 1. The monoisotopic (exact) mass is 159 g/mol. The largest absolute Gasteiger partial charge is 0.240 e. The second-order valence-electron chi connectivity index (χ2n) is 2.37. The van der Waals surface area contributed by atoms with Crippen LogP contribution in [0, 0.1) is 0 Å². The molecule has 0 radical (unpaired) electrons. The van der Waals surface area contributed by atoms with Gasteiger partial charge >= 0.3 is 0 Å². The van der Waals surface area contributed by atoms with Gasteiger partial charge in [-0.3, -0.25) is 0 Å². The molecule has 1 aliphatic carbocycles. The van der Waals surface area contributed by atoms with E-state index in [2.05, 4.69) is 11.6 Å². The van der Waals surface area contributed by atoms with Crippen molar-refractivity contribution in [1.82, 2.24) is 0 Å². The maximum atomic E-state index is 9.98. The van der Waals surface area contributed by atoms with E-state index in [1.165, 1.54) is 6.08 Å². The first kappa shape index (κ1) is 8.44. The van der Waals surface area contributed by atoms with Crippen LogP contribution in [0.15, 0.2) is 53.2 Å². The average molecular weight is 159 g/mol. The first-order chi connectivity index (χ1) is 5.86. The Morgan fingerprint density at radius 1 is 1.50 bits per heavy atom. The second-order valence-corrected chi connectivity index (χ2v) is 2.37. The molecule has 0 aromatic carbocycles. The van der Waals surface area contributed by atoms with E-state index in [0.29, 0.717) is 12.1 Å². The van der Waals surface area contributed by atoms with E-state index in [1.807, 2.05) is 18.2 Å². The summed E-state index contributed by atoms with van der Waals surface area (Å²) in [5, 5.41) is 0. The molecule has 0 unspecified atom stereocenters. The Morgan fingerprint density at radius 2 is 2.25 bits per heavy atom. The molecule has 1 aliphatic rings. The maximum Gasteiger partial charge on any atom is 0.240 e. The second kappa shape index (κ2) is 4.27. The third kappa shape index (κ3) is 2.19. The highest BCUT2D eigenvalue weighted by Gasteiger charge is 1.98. The Bertz CT molecular complexity index is 315. The number of carbonyl (C=O) groups excluding carboxylic acids is 1. The predicted octanol–water partition coefficient (Wildman–Crippen LogP) is 2.28. The van der Waals surface area contributed by atoms with Crippen LogP contribution in [0.25, 0.3) is 0 Å². The number of allylic oxidation sites excluding steroid dienone is 6. The summed E-state index contributed by atoms with van der Waals surface area (Å²) in [5.74, 6) is 0. The summed E-state index contributed by atoms with van der Waals surface area (Å²) in [6, 6.07) is 0. The van der Waals surface area contributed by atoms with Gasteiger partial charge in [-0.05, 0) is 11.6 Å². The van der Waals surface area contributed by atoms with Crippen molar-refractivity contribution in [3.8, 4) is 0 Å². The van der Waals surface area contributed by atoms with Crippen LogP contribution in [0.5, 0.6) is 0 Å². The summed E-state index contributed by atoms with van der Waals surface area (Å²) in [6.07, 6.45) is 11.4. The third-order valence-corrected chi connectivity index (χ3v) is 1.55. The van der Waals surface area contributed by atoms with Gasteiger partial charge in [-0.25, -0.2) is 4.79 Å². The Kier molecular flexibility index (Phi) is 3.00. The van der Waals surface area contributed by atoms with E-state index < -0.39 is 0 Å². The molecule has 0 saturated carbocycles. The number of aliphatic imine (C=N–C) groups is 1. The lowest BCUT2D eigenvalue weighted by Crippen LogP contribution is -1.80. The summed E-state index contributed by atoms with van der Waals surface area (Å²) < 4.78 is 0. The molecule has 2 heteroatoms. The van der Waals surface area contributed by atoms with Gasteiger partial charge in [0.25, 0.3) is 0 Å². The number of rotatable bonds is 2. The first-order valence-corrected chi connectivity index (χ1v) is 3.63. The minimum atomic E-state index is 0.645. The normalized spacial score (nSPS) is 15.3. The van der Waals surface area contributed by atoms with Crippen LogP contribution >= 0.6 is 0 Å². The molecule has 0 bridgehead atoms. The van der Waals surface area contributed by atoms with E-state index in [1.54, 1.807) is 12.2 Å². The zero-order valence-corrected chi connectivity index (χ0v) is 6.66. The number of hydrogen-bond acceptors (Lipinski definition) is 2. The fourth-order valence-corrected chi connectivity index (χ4v) is 0.948. The van der Waals surface area contributed by atoms with Crippen molar-refractivity contribution in [3.63, 3.8) is 0 Å². The van der Waals surface area contributed by atoms with E-state index in [-0.39, 0.29) is 0 Å². The van der Waals surface area contributed by atoms with Crippen molar-refractivity contribution in [2.75, 3.05) is 0 Å². The van der Waals surface area contributed by atoms with Crippen LogP contribution < -0.4 is 0 Å². The zero-order valence-electron chi connectivity index (χ0n) is 6.66. The maximum absolute atomic E-state index is 9.98. The van der Waals surface area contributed by atoms with E-state index in [0.717, 1.165) is 5.57 Å². The van der Waals surface area contributed by atoms with Gasteiger partial charge in [-0.1, -0.05) is 30.9 Å². The molecule has 0 fully saturated rings. The fourth-order valence-electron chi connectivity index (χ4n) is 0.948. The Balaban J connectivity index is 2.88.